The van der Waals surface area contributed by atoms with Crippen LogP contribution in [0.15, 0.2) is 56.7 Å². The monoisotopic (exact) mass is 337 g/mol. The van der Waals surface area contributed by atoms with Gasteiger partial charge in [0.05, 0.1) is 7.11 Å². The zero-order chi connectivity index (χ0) is 13.7. The first kappa shape index (κ1) is 14.4. The van der Waals surface area contributed by atoms with Crippen LogP contribution in [-0.4, -0.2) is 14.2 Å². The van der Waals surface area contributed by atoms with Crippen molar-refractivity contribution >= 4 is 27.7 Å². The van der Waals surface area contributed by atoms with Crippen molar-refractivity contribution in [2.24, 2.45) is 0 Å². The van der Waals surface area contributed by atoms with Crippen LogP contribution in [0.25, 0.3) is 0 Å². The van der Waals surface area contributed by atoms with E-state index in [-0.39, 0.29) is 0 Å². The van der Waals surface area contributed by atoms with E-state index in [9.17, 15) is 0 Å². The summed E-state index contributed by atoms with van der Waals surface area (Å²) in [6.45, 7) is 0.881. The summed E-state index contributed by atoms with van der Waals surface area (Å²) >= 11 is 5.37. The first-order valence-corrected chi connectivity index (χ1v) is 7.59. The van der Waals surface area contributed by atoms with Gasteiger partial charge >= 0.3 is 0 Å². The summed E-state index contributed by atoms with van der Waals surface area (Å²) in [4.78, 5) is 2.41. The zero-order valence-corrected chi connectivity index (χ0v) is 13.3. The molecule has 0 radical (unpaired) electrons. The molecule has 0 unspecified atom stereocenters. The maximum Gasteiger partial charge on any atom is 0.118 e. The molecule has 0 aliphatic rings. The molecule has 0 spiro atoms. The highest BCUT2D eigenvalue weighted by Crippen LogP contribution is 2.34. The van der Waals surface area contributed by atoms with Gasteiger partial charge in [0.25, 0.3) is 0 Å². The second-order valence-electron chi connectivity index (χ2n) is 4.07. The minimum atomic E-state index is 0.881. The van der Waals surface area contributed by atoms with Gasteiger partial charge in [0.15, 0.2) is 0 Å². The molecule has 2 aromatic carbocycles. The van der Waals surface area contributed by atoms with E-state index in [2.05, 4.69) is 51.6 Å². The van der Waals surface area contributed by atoms with Crippen LogP contribution in [0.5, 0.6) is 5.75 Å². The van der Waals surface area contributed by atoms with E-state index in [1.165, 1.54) is 15.4 Å². The molecule has 2 rings (SSSR count). The highest BCUT2D eigenvalue weighted by atomic mass is 79.9. The van der Waals surface area contributed by atoms with Crippen LogP contribution in [-0.2, 0) is 6.54 Å². The molecule has 0 saturated heterocycles. The molecule has 0 aliphatic heterocycles. The average molecular weight is 338 g/mol. The molecular weight excluding hydrogens is 322 g/mol. The van der Waals surface area contributed by atoms with Crippen LogP contribution in [0.4, 0.5) is 0 Å². The van der Waals surface area contributed by atoms with Crippen molar-refractivity contribution in [2.45, 2.75) is 16.3 Å². The topological polar surface area (TPSA) is 21.3 Å². The highest BCUT2D eigenvalue weighted by molar-refractivity contribution is 9.10. The van der Waals surface area contributed by atoms with Crippen LogP contribution in [0.3, 0.4) is 0 Å². The SMILES string of the molecule is CNCc1ccc(Sc2ccc(OC)cc2)c(Br)c1. The lowest BCUT2D eigenvalue weighted by molar-refractivity contribution is 0.414. The first-order chi connectivity index (χ1) is 9.22. The molecule has 0 fully saturated rings. The largest absolute Gasteiger partial charge is 0.497 e. The highest BCUT2D eigenvalue weighted by Gasteiger charge is 2.04. The predicted octanol–water partition coefficient (Wildman–Crippen LogP) is 4.33. The van der Waals surface area contributed by atoms with E-state index >= 15 is 0 Å². The van der Waals surface area contributed by atoms with Gasteiger partial charge in [-0.15, -0.1) is 0 Å². The first-order valence-electron chi connectivity index (χ1n) is 5.98. The van der Waals surface area contributed by atoms with Gasteiger partial charge in [-0.2, -0.15) is 0 Å². The minimum Gasteiger partial charge on any atom is -0.497 e. The van der Waals surface area contributed by atoms with Crippen molar-refractivity contribution in [1.29, 1.82) is 0 Å². The Labute approximate surface area is 126 Å². The van der Waals surface area contributed by atoms with Gasteiger partial charge in [-0.3, -0.25) is 0 Å². The van der Waals surface area contributed by atoms with Crippen molar-refractivity contribution in [2.75, 3.05) is 14.2 Å². The molecule has 0 bridgehead atoms. The van der Waals surface area contributed by atoms with Crippen LogP contribution >= 0.6 is 27.7 Å². The van der Waals surface area contributed by atoms with E-state index in [0.29, 0.717) is 0 Å². The fraction of sp³-hybridized carbons (Fsp3) is 0.200. The average Bonchev–Trinajstić information content (AvgIpc) is 2.43. The third-order valence-electron chi connectivity index (χ3n) is 2.66. The molecular formula is C15H16BrNOS. The van der Waals surface area contributed by atoms with Gasteiger partial charge < -0.3 is 10.1 Å². The third-order valence-corrected chi connectivity index (χ3v) is 4.67. The van der Waals surface area contributed by atoms with E-state index in [1.54, 1.807) is 18.9 Å². The Kier molecular flexibility index (Phi) is 5.31. The number of nitrogens with one attached hydrogen (secondary N) is 1. The summed E-state index contributed by atoms with van der Waals surface area (Å²) in [6.07, 6.45) is 0. The summed E-state index contributed by atoms with van der Waals surface area (Å²) in [5.41, 5.74) is 1.27. The Balaban J connectivity index is 2.13. The lowest BCUT2D eigenvalue weighted by Crippen LogP contribution is -2.04. The normalized spacial score (nSPS) is 10.5. The fourth-order valence-electron chi connectivity index (χ4n) is 1.71. The van der Waals surface area contributed by atoms with Gasteiger partial charge in [-0.1, -0.05) is 17.8 Å². The van der Waals surface area contributed by atoms with E-state index in [1.807, 2.05) is 19.2 Å². The van der Waals surface area contributed by atoms with E-state index in [0.717, 1.165) is 16.8 Å². The van der Waals surface area contributed by atoms with Crippen LogP contribution in [0, 0.1) is 0 Å². The Hall–Kier alpha value is -0.970. The fourth-order valence-corrected chi connectivity index (χ4v) is 3.20. The van der Waals surface area contributed by atoms with Crippen molar-refractivity contribution in [3.63, 3.8) is 0 Å². The molecule has 2 aromatic rings. The van der Waals surface area contributed by atoms with Crippen molar-refractivity contribution in [3.8, 4) is 5.75 Å². The lowest BCUT2D eigenvalue weighted by Gasteiger charge is -2.07. The third kappa shape index (κ3) is 4.00. The maximum atomic E-state index is 5.16. The molecule has 2 nitrogen and oxygen atoms in total. The number of ether oxygens (including phenoxy) is 1. The molecule has 19 heavy (non-hydrogen) atoms. The standard InChI is InChI=1S/C15H16BrNOS/c1-17-10-11-3-8-15(14(16)9-11)19-13-6-4-12(18-2)5-7-13/h3-9,17H,10H2,1-2H3. The van der Waals surface area contributed by atoms with Crippen molar-refractivity contribution in [1.82, 2.24) is 5.32 Å². The molecule has 100 valence electrons. The summed E-state index contributed by atoms with van der Waals surface area (Å²) in [6, 6.07) is 14.5. The summed E-state index contributed by atoms with van der Waals surface area (Å²) in [5.74, 6) is 0.882. The second kappa shape index (κ2) is 6.98. The molecule has 0 saturated carbocycles. The van der Waals surface area contributed by atoms with Crippen LogP contribution < -0.4 is 10.1 Å². The number of halogens is 1. The second-order valence-corrected chi connectivity index (χ2v) is 6.04. The molecule has 1 N–H and O–H groups in total. The zero-order valence-electron chi connectivity index (χ0n) is 10.9. The van der Waals surface area contributed by atoms with E-state index < -0.39 is 0 Å². The van der Waals surface area contributed by atoms with Gasteiger partial charge in [0, 0.05) is 20.8 Å². The smallest absolute Gasteiger partial charge is 0.118 e. The molecule has 0 aromatic heterocycles. The Morgan fingerprint density at radius 1 is 1.16 bits per heavy atom. The number of rotatable bonds is 5. The summed E-state index contributed by atoms with van der Waals surface area (Å²) < 4.78 is 6.29. The molecule has 0 atom stereocenters. The molecule has 0 heterocycles. The summed E-state index contributed by atoms with van der Waals surface area (Å²) in [5, 5.41) is 3.15. The molecule has 0 aliphatic carbocycles. The Morgan fingerprint density at radius 3 is 2.47 bits per heavy atom. The molecule has 0 amide bonds. The van der Waals surface area contributed by atoms with Gasteiger partial charge in [-0.05, 0) is 64.9 Å². The van der Waals surface area contributed by atoms with Crippen LogP contribution in [0.2, 0.25) is 0 Å². The van der Waals surface area contributed by atoms with Gasteiger partial charge in [0.1, 0.15) is 5.75 Å². The Morgan fingerprint density at radius 2 is 1.89 bits per heavy atom. The lowest BCUT2D eigenvalue weighted by atomic mass is 10.2. The number of methoxy groups -OCH3 is 1. The quantitative estimate of drug-likeness (QED) is 0.877. The number of hydrogen-bond donors (Lipinski definition) is 1. The Bertz CT molecular complexity index is 542. The van der Waals surface area contributed by atoms with Crippen molar-refractivity contribution < 1.29 is 4.74 Å². The summed E-state index contributed by atoms with van der Waals surface area (Å²) in [7, 11) is 3.63. The minimum absolute atomic E-state index is 0.881. The van der Waals surface area contributed by atoms with Crippen LogP contribution in [0.1, 0.15) is 5.56 Å². The van der Waals surface area contributed by atoms with Gasteiger partial charge in [-0.25, -0.2) is 0 Å². The predicted molar refractivity (Wildman–Crippen MR) is 84.0 cm³/mol. The maximum absolute atomic E-state index is 5.16. The van der Waals surface area contributed by atoms with Gasteiger partial charge in [0.2, 0.25) is 0 Å². The number of benzene rings is 2. The van der Waals surface area contributed by atoms with Crippen molar-refractivity contribution in [3.05, 3.63) is 52.5 Å². The molecule has 4 heteroatoms. The number of hydrogen-bond acceptors (Lipinski definition) is 3. The van der Waals surface area contributed by atoms with E-state index in [4.69, 9.17) is 4.74 Å².